The van der Waals surface area contributed by atoms with Gasteiger partial charge in [-0.25, -0.2) is 4.39 Å². The number of benzene rings is 1. The fourth-order valence-electron chi connectivity index (χ4n) is 2.63. The number of nitrogens with zero attached hydrogens (tertiary/aromatic N) is 1. The van der Waals surface area contributed by atoms with Gasteiger partial charge in [-0.3, -0.25) is 9.69 Å². The number of carboxylic acid groups (broad SMARTS) is 1. The third kappa shape index (κ3) is 3.72. The maximum Gasteiger partial charge on any atom is 0.416 e. The predicted molar refractivity (Wildman–Crippen MR) is 67.1 cm³/mol. The molecular formula is C14H15F4NO2. The Kier molecular flexibility index (Phi) is 4.51. The maximum atomic E-state index is 13.1. The first-order valence-corrected chi connectivity index (χ1v) is 6.61. The van der Waals surface area contributed by atoms with Gasteiger partial charge >= 0.3 is 12.1 Å². The Hall–Kier alpha value is -1.63. The van der Waals surface area contributed by atoms with Crippen LogP contribution in [0.2, 0.25) is 0 Å². The Morgan fingerprint density at radius 3 is 2.67 bits per heavy atom. The van der Waals surface area contributed by atoms with Crippen LogP contribution in [0, 0.1) is 5.82 Å². The molecule has 7 heteroatoms. The summed E-state index contributed by atoms with van der Waals surface area (Å²) >= 11 is 0. The minimum Gasteiger partial charge on any atom is -0.480 e. The Morgan fingerprint density at radius 2 is 2.05 bits per heavy atom. The van der Waals surface area contributed by atoms with Crippen molar-refractivity contribution in [2.75, 3.05) is 6.54 Å². The Balaban J connectivity index is 2.28. The lowest BCUT2D eigenvalue weighted by molar-refractivity contribution is -0.145. The quantitative estimate of drug-likeness (QED) is 0.871. The van der Waals surface area contributed by atoms with Gasteiger partial charge in [0.1, 0.15) is 11.9 Å². The van der Waals surface area contributed by atoms with Crippen molar-refractivity contribution in [1.82, 2.24) is 4.90 Å². The summed E-state index contributed by atoms with van der Waals surface area (Å²) in [5.74, 6) is -2.00. The van der Waals surface area contributed by atoms with Gasteiger partial charge in [0.05, 0.1) is 5.56 Å². The molecule has 1 aliphatic rings. The highest BCUT2D eigenvalue weighted by atomic mass is 19.4. The first-order chi connectivity index (χ1) is 9.79. The molecule has 0 aliphatic carbocycles. The van der Waals surface area contributed by atoms with Crippen LogP contribution in [0.5, 0.6) is 0 Å². The number of piperidine rings is 1. The molecule has 21 heavy (non-hydrogen) atoms. The number of likely N-dealkylation sites (tertiary alicyclic amines) is 1. The molecule has 0 saturated carbocycles. The zero-order valence-corrected chi connectivity index (χ0v) is 11.2. The molecule has 1 saturated heterocycles. The molecule has 0 radical (unpaired) electrons. The van der Waals surface area contributed by atoms with E-state index < -0.39 is 29.6 Å². The van der Waals surface area contributed by atoms with Crippen LogP contribution < -0.4 is 0 Å². The Labute approximate surface area is 119 Å². The molecular weight excluding hydrogens is 290 g/mol. The second kappa shape index (κ2) is 6.01. The number of carbonyl (C=O) groups is 1. The summed E-state index contributed by atoms with van der Waals surface area (Å²) < 4.78 is 51.9. The first-order valence-electron chi connectivity index (χ1n) is 6.61. The smallest absolute Gasteiger partial charge is 0.416 e. The number of hydrogen-bond acceptors (Lipinski definition) is 2. The van der Waals surface area contributed by atoms with Gasteiger partial charge in [-0.2, -0.15) is 13.2 Å². The van der Waals surface area contributed by atoms with Gasteiger partial charge in [0.25, 0.3) is 0 Å². The van der Waals surface area contributed by atoms with Crippen LogP contribution in [0.15, 0.2) is 18.2 Å². The van der Waals surface area contributed by atoms with Crippen molar-refractivity contribution in [2.24, 2.45) is 0 Å². The van der Waals surface area contributed by atoms with Gasteiger partial charge in [-0.15, -0.1) is 0 Å². The number of halogens is 4. The lowest BCUT2D eigenvalue weighted by atomic mass is 9.99. The highest BCUT2D eigenvalue weighted by Crippen LogP contribution is 2.34. The molecule has 0 spiro atoms. The molecule has 1 N–H and O–H groups in total. The molecule has 1 heterocycles. The number of alkyl halides is 3. The monoisotopic (exact) mass is 305 g/mol. The summed E-state index contributed by atoms with van der Waals surface area (Å²) in [5, 5.41) is 9.14. The minimum atomic E-state index is -4.66. The van der Waals surface area contributed by atoms with E-state index in [1.165, 1.54) is 4.90 Å². The van der Waals surface area contributed by atoms with Crippen molar-refractivity contribution < 1.29 is 27.5 Å². The van der Waals surface area contributed by atoms with Crippen molar-refractivity contribution in [3.8, 4) is 0 Å². The largest absolute Gasteiger partial charge is 0.480 e. The zero-order valence-electron chi connectivity index (χ0n) is 11.2. The van der Waals surface area contributed by atoms with E-state index in [1.54, 1.807) is 0 Å². The van der Waals surface area contributed by atoms with E-state index in [2.05, 4.69) is 0 Å². The topological polar surface area (TPSA) is 40.5 Å². The summed E-state index contributed by atoms with van der Waals surface area (Å²) in [6.07, 6.45) is -2.76. The van der Waals surface area contributed by atoms with Crippen molar-refractivity contribution in [2.45, 2.75) is 38.0 Å². The summed E-state index contributed by atoms with van der Waals surface area (Å²) in [4.78, 5) is 12.7. The van der Waals surface area contributed by atoms with E-state index in [-0.39, 0.29) is 12.1 Å². The van der Waals surface area contributed by atoms with Gasteiger partial charge in [0.15, 0.2) is 0 Å². The number of carboxylic acids is 1. The van der Waals surface area contributed by atoms with Crippen molar-refractivity contribution in [1.29, 1.82) is 0 Å². The predicted octanol–water partition coefficient (Wildman–Crippen LogP) is 3.28. The molecule has 0 bridgehead atoms. The van der Waals surface area contributed by atoms with Gasteiger partial charge in [-0.05, 0) is 37.1 Å². The third-order valence-electron chi connectivity index (χ3n) is 3.65. The lowest BCUT2D eigenvalue weighted by Crippen LogP contribution is -2.44. The molecule has 1 aromatic rings. The average molecular weight is 305 g/mol. The lowest BCUT2D eigenvalue weighted by Gasteiger charge is -2.33. The van der Waals surface area contributed by atoms with E-state index in [9.17, 15) is 22.4 Å². The third-order valence-corrected chi connectivity index (χ3v) is 3.65. The summed E-state index contributed by atoms with van der Waals surface area (Å²) in [6, 6.07) is 1.70. The molecule has 116 valence electrons. The summed E-state index contributed by atoms with van der Waals surface area (Å²) in [5.41, 5.74) is -1.14. The van der Waals surface area contributed by atoms with Crippen LogP contribution in [0.25, 0.3) is 0 Å². The maximum absolute atomic E-state index is 13.1. The van der Waals surface area contributed by atoms with E-state index in [0.29, 0.717) is 19.0 Å². The molecule has 1 aliphatic heterocycles. The standard InChI is InChI=1S/C14H15F4NO2/c15-10-5-4-9(11(7-10)14(16,17)18)8-19-6-2-1-3-12(19)13(20)21/h4-5,7,12H,1-3,6,8H2,(H,20,21)/t12-/m1/s1. The molecule has 1 aromatic carbocycles. The molecule has 0 aromatic heterocycles. The fraction of sp³-hybridized carbons (Fsp3) is 0.500. The van der Waals surface area contributed by atoms with Crippen molar-refractivity contribution in [3.05, 3.63) is 35.1 Å². The van der Waals surface area contributed by atoms with Gasteiger partial charge in [0.2, 0.25) is 0 Å². The molecule has 2 rings (SSSR count). The first kappa shape index (κ1) is 15.8. The molecule has 0 amide bonds. The van der Waals surface area contributed by atoms with Crippen molar-refractivity contribution >= 4 is 5.97 Å². The fourth-order valence-corrected chi connectivity index (χ4v) is 2.63. The SMILES string of the molecule is O=C(O)[C@H]1CCCCN1Cc1ccc(F)cc1C(F)(F)F. The zero-order chi connectivity index (χ0) is 15.6. The number of aliphatic carboxylic acids is 1. The van der Waals surface area contributed by atoms with E-state index in [1.807, 2.05) is 0 Å². The minimum absolute atomic E-state index is 0.1000. The summed E-state index contributed by atoms with van der Waals surface area (Å²) in [7, 11) is 0. The number of hydrogen-bond donors (Lipinski definition) is 1. The molecule has 1 atom stereocenters. The van der Waals surface area contributed by atoms with Gasteiger partial charge < -0.3 is 5.11 Å². The van der Waals surface area contributed by atoms with Crippen LogP contribution >= 0.6 is 0 Å². The molecule has 1 fully saturated rings. The van der Waals surface area contributed by atoms with Crippen molar-refractivity contribution in [3.63, 3.8) is 0 Å². The van der Waals surface area contributed by atoms with E-state index in [0.717, 1.165) is 25.0 Å². The summed E-state index contributed by atoms with van der Waals surface area (Å²) in [6.45, 7) is 0.276. The van der Waals surface area contributed by atoms with Crippen LogP contribution in [0.1, 0.15) is 30.4 Å². The number of rotatable bonds is 3. The second-order valence-corrected chi connectivity index (χ2v) is 5.12. The van der Waals surface area contributed by atoms with Crippen LogP contribution in [0.3, 0.4) is 0 Å². The van der Waals surface area contributed by atoms with E-state index in [4.69, 9.17) is 5.11 Å². The Bertz CT molecular complexity index is 530. The average Bonchev–Trinajstić information content (AvgIpc) is 2.40. The van der Waals surface area contributed by atoms with Gasteiger partial charge in [-0.1, -0.05) is 12.5 Å². The van der Waals surface area contributed by atoms with Crippen LogP contribution in [-0.2, 0) is 17.5 Å². The molecule has 0 unspecified atom stereocenters. The Morgan fingerprint density at radius 1 is 1.33 bits per heavy atom. The van der Waals surface area contributed by atoms with Crippen LogP contribution in [0.4, 0.5) is 17.6 Å². The normalized spacial score (nSPS) is 20.5. The highest BCUT2D eigenvalue weighted by molar-refractivity contribution is 5.73. The second-order valence-electron chi connectivity index (χ2n) is 5.12. The van der Waals surface area contributed by atoms with E-state index >= 15 is 0 Å². The highest BCUT2D eigenvalue weighted by Gasteiger charge is 2.35. The van der Waals surface area contributed by atoms with Gasteiger partial charge in [0, 0.05) is 6.54 Å². The molecule has 3 nitrogen and oxygen atoms in total. The van der Waals surface area contributed by atoms with Crippen LogP contribution in [-0.4, -0.2) is 28.6 Å².